The number of benzene rings is 2. The molecule has 2 aromatic carbocycles. The van der Waals surface area contributed by atoms with Crippen LogP contribution in [0.3, 0.4) is 0 Å². The Labute approximate surface area is 153 Å². The van der Waals surface area contributed by atoms with Gasteiger partial charge in [0.15, 0.2) is 0 Å². The summed E-state index contributed by atoms with van der Waals surface area (Å²) in [4.78, 5) is 4.94. The molecule has 2 heterocycles. The third-order valence-corrected chi connectivity index (χ3v) is 5.15. The molecule has 0 unspecified atom stereocenters. The van der Waals surface area contributed by atoms with Crippen LogP contribution in [0.25, 0.3) is 0 Å². The summed E-state index contributed by atoms with van der Waals surface area (Å²) in [6.45, 7) is 4.24. The highest BCUT2D eigenvalue weighted by atomic mass is 35.5. The fourth-order valence-electron chi connectivity index (χ4n) is 3.55. The maximum atomic E-state index is 6.16. The van der Waals surface area contributed by atoms with Gasteiger partial charge in [0.25, 0.3) is 0 Å². The topological polar surface area (TPSA) is 45.7 Å². The van der Waals surface area contributed by atoms with Crippen LogP contribution in [0.1, 0.15) is 24.0 Å². The minimum absolute atomic E-state index is 0.192. The maximum absolute atomic E-state index is 6.16. The van der Waals surface area contributed by atoms with Crippen molar-refractivity contribution in [3.8, 4) is 0 Å². The lowest BCUT2D eigenvalue weighted by Crippen LogP contribution is -2.55. The molecule has 2 aliphatic heterocycles. The van der Waals surface area contributed by atoms with Gasteiger partial charge in [0.2, 0.25) is 0 Å². The van der Waals surface area contributed by atoms with Gasteiger partial charge in [-0.05, 0) is 30.7 Å². The van der Waals surface area contributed by atoms with E-state index < -0.39 is 0 Å². The average molecular weight is 356 g/mol. The molecule has 0 saturated carbocycles. The van der Waals surface area contributed by atoms with E-state index in [9.17, 15) is 0 Å². The number of aliphatic imine (C=N–C) groups is 1. The van der Waals surface area contributed by atoms with Gasteiger partial charge in [-0.25, -0.2) is 0 Å². The Hall–Kier alpha value is -2.04. The normalized spacial score (nSPS) is 20.0. The average Bonchev–Trinajstić information content (AvgIpc) is 2.61. The summed E-state index contributed by atoms with van der Waals surface area (Å²) in [5.74, 6) is 0.979. The van der Waals surface area contributed by atoms with Gasteiger partial charge in [0.1, 0.15) is 5.84 Å². The number of fused-ring (bicyclic) bond motifs is 1. The molecule has 1 spiro atoms. The van der Waals surface area contributed by atoms with Crippen molar-refractivity contribution < 1.29 is 4.74 Å². The van der Waals surface area contributed by atoms with Crippen molar-refractivity contribution in [2.24, 2.45) is 4.99 Å². The largest absolute Gasteiger partial charge is 0.381 e. The smallest absolute Gasteiger partial charge is 0.127 e. The number of anilines is 2. The minimum atomic E-state index is -0.192. The molecule has 2 aliphatic rings. The molecule has 2 aromatic rings. The Bertz CT molecular complexity index is 812. The maximum Gasteiger partial charge on any atom is 0.127 e. The standard InChI is InChI=1S/C20H22ClN3O/c1-14-3-2-4-15(11-14)13-22-19-20(7-9-25-10-8-20)24-17-6-5-16(21)12-18(17)23-19/h2-6,11-12,24H,7-10,13H2,1H3,(H,22,23). The number of halogens is 1. The Morgan fingerprint density at radius 1 is 1.12 bits per heavy atom. The van der Waals surface area contributed by atoms with Gasteiger partial charge < -0.3 is 15.4 Å². The Kier molecular flexibility index (Phi) is 4.40. The first-order valence-electron chi connectivity index (χ1n) is 8.68. The first kappa shape index (κ1) is 16.4. The van der Waals surface area contributed by atoms with Crippen LogP contribution in [-0.4, -0.2) is 24.6 Å². The lowest BCUT2D eigenvalue weighted by atomic mass is 9.86. The summed E-state index contributed by atoms with van der Waals surface area (Å²) >= 11 is 6.16. The molecular weight excluding hydrogens is 334 g/mol. The summed E-state index contributed by atoms with van der Waals surface area (Å²) in [6, 6.07) is 14.4. The van der Waals surface area contributed by atoms with Crippen LogP contribution in [0.2, 0.25) is 5.02 Å². The predicted octanol–water partition coefficient (Wildman–Crippen LogP) is 4.63. The molecule has 0 aromatic heterocycles. The predicted molar refractivity (Wildman–Crippen MR) is 104 cm³/mol. The fraction of sp³-hybridized carbons (Fsp3) is 0.350. The van der Waals surface area contributed by atoms with E-state index in [1.165, 1.54) is 11.1 Å². The van der Waals surface area contributed by atoms with Gasteiger partial charge in [0.05, 0.1) is 23.5 Å². The Morgan fingerprint density at radius 3 is 2.76 bits per heavy atom. The third-order valence-electron chi connectivity index (χ3n) is 4.91. The molecule has 0 radical (unpaired) electrons. The second-order valence-corrected chi connectivity index (χ2v) is 7.22. The molecule has 0 aliphatic carbocycles. The number of nitrogens with one attached hydrogen (secondary N) is 2. The number of ether oxygens (including phenoxy) is 1. The molecule has 0 atom stereocenters. The van der Waals surface area contributed by atoms with Crippen LogP contribution in [0.5, 0.6) is 0 Å². The first-order valence-corrected chi connectivity index (χ1v) is 9.05. The lowest BCUT2D eigenvalue weighted by Gasteiger charge is -2.43. The lowest BCUT2D eigenvalue weighted by molar-refractivity contribution is 0.0778. The van der Waals surface area contributed by atoms with Crippen LogP contribution in [0, 0.1) is 6.92 Å². The Morgan fingerprint density at radius 2 is 1.96 bits per heavy atom. The minimum Gasteiger partial charge on any atom is -0.381 e. The first-order chi connectivity index (χ1) is 12.1. The van der Waals surface area contributed by atoms with Crippen molar-refractivity contribution >= 4 is 28.8 Å². The summed E-state index contributed by atoms with van der Waals surface area (Å²) in [7, 11) is 0. The summed E-state index contributed by atoms with van der Waals surface area (Å²) in [6.07, 6.45) is 1.80. The van der Waals surface area contributed by atoms with Crippen molar-refractivity contribution in [2.75, 3.05) is 23.8 Å². The van der Waals surface area contributed by atoms with E-state index >= 15 is 0 Å². The quantitative estimate of drug-likeness (QED) is 0.825. The van der Waals surface area contributed by atoms with E-state index in [-0.39, 0.29) is 5.54 Å². The van der Waals surface area contributed by atoms with Gasteiger partial charge in [-0.3, -0.25) is 4.99 Å². The number of aryl methyl sites for hydroxylation is 1. The molecule has 5 heteroatoms. The van der Waals surface area contributed by atoms with Crippen LogP contribution in [0.15, 0.2) is 47.5 Å². The molecule has 1 saturated heterocycles. The molecule has 4 nitrogen and oxygen atoms in total. The van der Waals surface area contributed by atoms with E-state index in [1.54, 1.807) is 0 Å². The molecule has 1 fully saturated rings. The highest BCUT2D eigenvalue weighted by Crippen LogP contribution is 2.38. The molecule has 130 valence electrons. The summed E-state index contributed by atoms with van der Waals surface area (Å²) in [5, 5.41) is 7.95. The second-order valence-electron chi connectivity index (χ2n) is 6.79. The van der Waals surface area contributed by atoms with Crippen LogP contribution < -0.4 is 10.6 Å². The van der Waals surface area contributed by atoms with E-state index in [1.807, 2.05) is 18.2 Å². The summed E-state index contributed by atoms with van der Waals surface area (Å²) < 4.78 is 5.59. The van der Waals surface area contributed by atoms with Crippen molar-refractivity contribution in [3.05, 3.63) is 58.6 Å². The van der Waals surface area contributed by atoms with Crippen LogP contribution in [-0.2, 0) is 11.3 Å². The zero-order valence-electron chi connectivity index (χ0n) is 14.3. The van der Waals surface area contributed by atoms with Gasteiger partial charge in [-0.15, -0.1) is 0 Å². The van der Waals surface area contributed by atoms with Gasteiger partial charge in [-0.2, -0.15) is 0 Å². The number of hydrogen-bond acceptors (Lipinski definition) is 3. The fourth-order valence-corrected chi connectivity index (χ4v) is 3.72. The van der Waals surface area contributed by atoms with Crippen molar-refractivity contribution in [1.29, 1.82) is 0 Å². The van der Waals surface area contributed by atoms with E-state index in [4.69, 9.17) is 21.3 Å². The van der Waals surface area contributed by atoms with E-state index in [0.29, 0.717) is 11.6 Å². The van der Waals surface area contributed by atoms with Crippen molar-refractivity contribution in [1.82, 2.24) is 0 Å². The van der Waals surface area contributed by atoms with E-state index in [0.717, 1.165) is 43.3 Å². The second kappa shape index (κ2) is 6.70. The summed E-state index contributed by atoms with van der Waals surface area (Å²) in [5.41, 5.74) is 4.33. The third kappa shape index (κ3) is 3.37. The number of hydrogen-bond donors (Lipinski definition) is 2. The van der Waals surface area contributed by atoms with Gasteiger partial charge in [-0.1, -0.05) is 41.4 Å². The highest BCUT2D eigenvalue weighted by Gasteiger charge is 2.41. The van der Waals surface area contributed by atoms with Crippen LogP contribution in [0.4, 0.5) is 11.4 Å². The highest BCUT2D eigenvalue weighted by molar-refractivity contribution is 6.31. The molecule has 2 N–H and O–H groups in total. The van der Waals surface area contributed by atoms with Crippen molar-refractivity contribution in [3.63, 3.8) is 0 Å². The zero-order chi connectivity index (χ0) is 17.3. The van der Waals surface area contributed by atoms with Crippen LogP contribution >= 0.6 is 11.6 Å². The Balaban J connectivity index is 1.68. The number of rotatable bonds is 2. The monoisotopic (exact) mass is 355 g/mol. The molecule has 0 bridgehead atoms. The number of amidine groups is 1. The SMILES string of the molecule is Cc1cccc(CN=C2Nc3cc(Cl)ccc3NC23CCOCC3)c1. The van der Waals surface area contributed by atoms with Gasteiger partial charge >= 0.3 is 0 Å². The van der Waals surface area contributed by atoms with Gasteiger partial charge in [0, 0.05) is 31.1 Å². The zero-order valence-corrected chi connectivity index (χ0v) is 15.1. The van der Waals surface area contributed by atoms with E-state index in [2.05, 4.69) is 41.8 Å². The molecule has 0 amide bonds. The molecule has 4 rings (SSSR count). The number of nitrogens with zero attached hydrogens (tertiary/aromatic N) is 1. The molecular formula is C20H22ClN3O. The van der Waals surface area contributed by atoms with Crippen molar-refractivity contribution in [2.45, 2.75) is 31.8 Å². The molecule has 25 heavy (non-hydrogen) atoms.